The van der Waals surface area contributed by atoms with E-state index in [1.54, 1.807) is 23.8 Å². The number of aryl methyl sites for hydroxylation is 1. The van der Waals surface area contributed by atoms with Gasteiger partial charge in [0.2, 0.25) is 0 Å². The van der Waals surface area contributed by atoms with Crippen LogP contribution in [0.25, 0.3) is 0 Å². The highest BCUT2D eigenvalue weighted by Crippen LogP contribution is 2.16. The van der Waals surface area contributed by atoms with Gasteiger partial charge in [0.25, 0.3) is 0 Å². The van der Waals surface area contributed by atoms with Gasteiger partial charge in [-0.3, -0.25) is 0 Å². The largest absolute Gasteiger partial charge is 0.461 e. The summed E-state index contributed by atoms with van der Waals surface area (Å²) in [6, 6.07) is 7.97. The molecule has 1 heterocycles. The van der Waals surface area contributed by atoms with E-state index >= 15 is 0 Å². The number of hydrogen-bond acceptors (Lipinski definition) is 3. The number of nitrogens with zero attached hydrogens (tertiary/aromatic N) is 2. The fraction of sp³-hybridized carbons (Fsp3) is 0.250. The molecule has 0 fully saturated rings. The van der Waals surface area contributed by atoms with Crippen LogP contribution in [-0.4, -0.2) is 17.1 Å². The van der Waals surface area contributed by atoms with Gasteiger partial charge in [0, 0.05) is 12.7 Å². The summed E-state index contributed by atoms with van der Waals surface area (Å²) >= 11 is 0. The van der Waals surface area contributed by atoms with Crippen LogP contribution in [0.5, 0.6) is 0 Å². The number of hydrogen-bond donors (Lipinski definition) is 0. The van der Waals surface area contributed by atoms with Gasteiger partial charge in [-0.15, -0.1) is 0 Å². The van der Waals surface area contributed by atoms with E-state index in [0.717, 1.165) is 11.1 Å². The first-order chi connectivity index (χ1) is 10.1. The lowest BCUT2D eigenvalue weighted by atomic mass is 10.1. The number of esters is 1. The molecule has 0 bridgehead atoms. The number of carbonyl (C=O) groups is 1. The van der Waals surface area contributed by atoms with Gasteiger partial charge in [-0.2, -0.15) is 5.26 Å². The highest BCUT2D eigenvalue weighted by Gasteiger charge is 2.16. The maximum atomic E-state index is 13.3. The minimum Gasteiger partial charge on any atom is -0.461 e. The van der Waals surface area contributed by atoms with Crippen molar-refractivity contribution in [2.24, 2.45) is 0 Å². The Labute approximate surface area is 122 Å². The predicted octanol–water partition coefficient (Wildman–Crippen LogP) is 3.03. The molecule has 0 radical (unpaired) electrons. The van der Waals surface area contributed by atoms with Crippen molar-refractivity contribution in [3.63, 3.8) is 0 Å². The fourth-order valence-corrected chi connectivity index (χ4v) is 2.14. The van der Waals surface area contributed by atoms with E-state index < -0.39 is 5.82 Å². The quantitative estimate of drug-likeness (QED) is 0.812. The molecule has 0 saturated heterocycles. The van der Waals surface area contributed by atoms with Gasteiger partial charge in [-0.05, 0) is 43.2 Å². The second-order valence-electron chi connectivity index (χ2n) is 4.62. The van der Waals surface area contributed by atoms with Gasteiger partial charge in [0.1, 0.15) is 17.6 Å². The van der Waals surface area contributed by atoms with Crippen molar-refractivity contribution in [3.8, 4) is 6.07 Å². The zero-order chi connectivity index (χ0) is 15.4. The van der Waals surface area contributed by atoms with Crippen molar-refractivity contribution in [2.45, 2.75) is 20.4 Å². The summed E-state index contributed by atoms with van der Waals surface area (Å²) in [4.78, 5) is 12.0. The fourth-order valence-electron chi connectivity index (χ4n) is 2.14. The number of aromatic nitrogens is 1. The van der Waals surface area contributed by atoms with Gasteiger partial charge in [0.15, 0.2) is 0 Å². The van der Waals surface area contributed by atoms with Gasteiger partial charge >= 0.3 is 5.97 Å². The highest BCUT2D eigenvalue weighted by atomic mass is 19.1. The third kappa shape index (κ3) is 3.11. The first-order valence-corrected chi connectivity index (χ1v) is 6.58. The van der Waals surface area contributed by atoms with Crippen LogP contribution in [0.1, 0.15) is 34.1 Å². The van der Waals surface area contributed by atoms with Crippen molar-refractivity contribution in [1.82, 2.24) is 4.57 Å². The lowest BCUT2D eigenvalue weighted by Gasteiger charge is -2.10. The lowest BCUT2D eigenvalue weighted by molar-refractivity contribution is 0.0513. The minimum atomic E-state index is -0.546. The lowest BCUT2D eigenvalue weighted by Crippen LogP contribution is -2.13. The van der Waals surface area contributed by atoms with Crippen LogP contribution in [0.4, 0.5) is 4.39 Å². The normalized spacial score (nSPS) is 10.2. The van der Waals surface area contributed by atoms with E-state index in [-0.39, 0.29) is 11.5 Å². The van der Waals surface area contributed by atoms with Crippen LogP contribution in [0, 0.1) is 24.1 Å². The molecule has 0 aliphatic rings. The standard InChI is InChI=1S/C16H15FN2O2/c1-3-21-16(20)15-11(2)6-7-19(15)10-12-4-5-14(17)13(8-12)9-18/h4-8H,3,10H2,1-2H3. The number of halogens is 1. The molecule has 1 aromatic carbocycles. The van der Waals surface area contributed by atoms with Crippen LogP contribution in [0.15, 0.2) is 30.5 Å². The molecule has 0 spiro atoms. The molecule has 21 heavy (non-hydrogen) atoms. The van der Waals surface area contributed by atoms with E-state index in [1.165, 1.54) is 12.1 Å². The van der Waals surface area contributed by atoms with Crippen molar-refractivity contribution >= 4 is 5.97 Å². The van der Waals surface area contributed by atoms with E-state index in [1.807, 2.05) is 19.1 Å². The average molecular weight is 286 g/mol. The SMILES string of the molecule is CCOC(=O)c1c(C)ccn1Cc1ccc(F)c(C#N)c1. The molecule has 5 heteroatoms. The summed E-state index contributed by atoms with van der Waals surface area (Å²) in [6.45, 7) is 4.25. The first kappa shape index (κ1) is 14.8. The van der Waals surface area contributed by atoms with Crippen LogP contribution in [0.2, 0.25) is 0 Å². The molecule has 0 unspecified atom stereocenters. The monoisotopic (exact) mass is 286 g/mol. The smallest absolute Gasteiger partial charge is 0.355 e. The predicted molar refractivity (Wildman–Crippen MR) is 75.3 cm³/mol. The highest BCUT2D eigenvalue weighted by molar-refractivity contribution is 5.89. The number of benzene rings is 1. The maximum Gasteiger partial charge on any atom is 0.355 e. The zero-order valence-corrected chi connectivity index (χ0v) is 11.9. The number of rotatable bonds is 4. The van der Waals surface area contributed by atoms with Crippen LogP contribution in [-0.2, 0) is 11.3 Å². The molecule has 0 atom stereocenters. The van der Waals surface area contributed by atoms with Crippen molar-refractivity contribution in [3.05, 3.63) is 58.7 Å². The summed E-state index contributed by atoms with van der Waals surface area (Å²) in [7, 11) is 0. The molecule has 0 aliphatic carbocycles. The molecule has 2 rings (SSSR count). The molecule has 2 aromatic rings. The van der Waals surface area contributed by atoms with E-state index in [9.17, 15) is 9.18 Å². The number of carbonyl (C=O) groups excluding carboxylic acids is 1. The summed E-state index contributed by atoms with van der Waals surface area (Å²) in [5, 5.41) is 8.85. The Bertz CT molecular complexity index is 714. The van der Waals surface area contributed by atoms with E-state index in [4.69, 9.17) is 10.00 Å². The Morgan fingerprint density at radius 1 is 1.43 bits per heavy atom. The summed E-state index contributed by atoms with van der Waals surface area (Å²) in [5.74, 6) is -0.932. The molecule has 0 N–H and O–H groups in total. The molecule has 4 nitrogen and oxygen atoms in total. The van der Waals surface area contributed by atoms with E-state index in [0.29, 0.717) is 18.8 Å². The maximum absolute atomic E-state index is 13.3. The number of nitriles is 1. The van der Waals surface area contributed by atoms with Gasteiger partial charge in [-0.1, -0.05) is 6.07 Å². The Morgan fingerprint density at radius 3 is 2.86 bits per heavy atom. The summed E-state index contributed by atoms with van der Waals surface area (Å²) < 4.78 is 20.1. The second kappa shape index (κ2) is 6.23. The summed E-state index contributed by atoms with van der Waals surface area (Å²) in [6.07, 6.45) is 1.77. The average Bonchev–Trinajstić information content (AvgIpc) is 2.82. The van der Waals surface area contributed by atoms with Crippen molar-refractivity contribution in [2.75, 3.05) is 6.61 Å². The molecule has 1 aromatic heterocycles. The Hall–Kier alpha value is -2.61. The molecule has 0 saturated carbocycles. The summed E-state index contributed by atoms with van der Waals surface area (Å²) in [5.41, 5.74) is 2.03. The van der Waals surface area contributed by atoms with Gasteiger partial charge < -0.3 is 9.30 Å². The van der Waals surface area contributed by atoms with Crippen molar-refractivity contribution in [1.29, 1.82) is 5.26 Å². The number of ether oxygens (including phenoxy) is 1. The minimum absolute atomic E-state index is 0.00550. The van der Waals surface area contributed by atoms with Crippen LogP contribution in [0.3, 0.4) is 0 Å². The first-order valence-electron chi connectivity index (χ1n) is 6.58. The van der Waals surface area contributed by atoms with E-state index in [2.05, 4.69) is 0 Å². The molecule has 0 aliphatic heterocycles. The van der Waals surface area contributed by atoms with Crippen LogP contribution < -0.4 is 0 Å². The van der Waals surface area contributed by atoms with Gasteiger partial charge in [-0.25, -0.2) is 9.18 Å². The Balaban J connectivity index is 2.33. The molecule has 0 amide bonds. The molecule has 108 valence electrons. The Morgan fingerprint density at radius 2 is 2.19 bits per heavy atom. The van der Waals surface area contributed by atoms with Crippen LogP contribution >= 0.6 is 0 Å². The molecular weight excluding hydrogens is 271 g/mol. The third-order valence-electron chi connectivity index (χ3n) is 3.14. The zero-order valence-electron chi connectivity index (χ0n) is 11.9. The topological polar surface area (TPSA) is 55.0 Å². The second-order valence-corrected chi connectivity index (χ2v) is 4.62. The van der Waals surface area contributed by atoms with Gasteiger partial charge in [0.05, 0.1) is 12.2 Å². The Kier molecular flexibility index (Phi) is 4.39. The third-order valence-corrected chi connectivity index (χ3v) is 3.14. The van der Waals surface area contributed by atoms with Crippen molar-refractivity contribution < 1.29 is 13.9 Å². The molecular formula is C16H15FN2O2.